The van der Waals surface area contributed by atoms with Crippen molar-refractivity contribution in [3.63, 3.8) is 0 Å². The van der Waals surface area contributed by atoms with Crippen molar-refractivity contribution in [2.45, 2.75) is 83.4 Å². The van der Waals surface area contributed by atoms with E-state index in [1.807, 2.05) is 19.1 Å². The lowest BCUT2D eigenvalue weighted by Crippen LogP contribution is -2.23. The number of aliphatic carboxylic acids is 1. The van der Waals surface area contributed by atoms with Gasteiger partial charge in [0, 0.05) is 25.2 Å². The Morgan fingerprint density at radius 3 is 2.65 bits per heavy atom. The van der Waals surface area contributed by atoms with E-state index in [-0.39, 0.29) is 43.3 Å². The van der Waals surface area contributed by atoms with Gasteiger partial charge in [0.1, 0.15) is 5.78 Å². The molecule has 0 aromatic carbocycles. The molecule has 1 rings (SSSR count). The fraction of sp³-hybridized carbons (Fsp3) is 0.750. The summed E-state index contributed by atoms with van der Waals surface area (Å²) in [7, 11) is 0. The number of carboxylic acids is 1. The minimum absolute atomic E-state index is 0.0204. The summed E-state index contributed by atoms with van der Waals surface area (Å²) in [5, 5.41) is 18.7. The van der Waals surface area contributed by atoms with Crippen LogP contribution in [0.15, 0.2) is 12.2 Å². The van der Waals surface area contributed by atoms with Gasteiger partial charge in [0.15, 0.2) is 12.0 Å². The van der Waals surface area contributed by atoms with E-state index in [1.165, 1.54) is 0 Å². The zero-order valence-corrected chi connectivity index (χ0v) is 15.5. The van der Waals surface area contributed by atoms with Crippen LogP contribution in [0, 0.1) is 11.8 Å². The molecule has 148 valence electrons. The number of halogens is 1. The van der Waals surface area contributed by atoms with Gasteiger partial charge in [-0.2, -0.15) is 0 Å². The molecule has 0 heterocycles. The molecule has 0 aromatic heterocycles. The smallest absolute Gasteiger partial charge is 0.303 e. The molecule has 1 fully saturated rings. The average molecular weight is 370 g/mol. The Labute approximate surface area is 154 Å². The Kier molecular flexibility index (Phi) is 10.3. The van der Waals surface area contributed by atoms with Crippen molar-refractivity contribution in [3.8, 4) is 0 Å². The van der Waals surface area contributed by atoms with Gasteiger partial charge in [0.2, 0.25) is 0 Å². The number of carbonyl (C=O) groups excluding carboxylic acids is 2. The number of aliphatic hydroxyl groups is 1. The SMILES string of the molecule is CCCC[C@H](F)C(=O)CC[C@H]1[C@H](O)CC(=O)[C@@H]1CC=CCCCC(=O)O. The molecule has 1 saturated carbocycles. The average Bonchev–Trinajstić information content (AvgIpc) is 2.86. The predicted molar refractivity (Wildman–Crippen MR) is 96.5 cm³/mol. The molecule has 0 saturated heterocycles. The molecule has 0 aliphatic heterocycles. The summed E-state index contributed by atoms with van der Waals surface area (Å²) in [6, 6.07) is 0. The topological polar surface area (TPSA) is 91.7 Å². The van der Waals surface area contributed by atoms with Crippen molar-refractivity contribution < 1.29 is 29.0 Å². The van der Waals surface area contributed by atoms with Crippen LogP contribution in [0.3, 0.4) is 0 Å². The van der Waals surface area contributed by atoms with E-state index in [0.29, 0.717) is 32.1 Å². The van der Waals surface area contributed by atoms with E-state index in [2.05, 4.69) is 0 Å². The lowest BCUT2D eigenvalue weighted by molar-refractivity contribution is -0.137. The van der Waals surface area contributed by atoms with Gasteiger partial charge in [-0.3, -0.25) is 14.4 Å². The number of rotatable bonds is 13. The first-order valence-electron chi connectivity index (χ1n) is 9.61. The zero-order valence-electron chi connectivity index (χ0n) is 15.5. The molecule has 6 heteroatoms. The van der Waals surface area contributed by atoms with Gasteiger partial charge in [0.05, 0.1) is 6.10 Å². The molecule has 26 heavy (non-hydrogen) atoms. The Morgan fingerprint density at radius 1 is 1.27 bits per heavy atom. The van der Waals surface area contributed by atoms with Crippen LogP contribution in [-0.2, 0) is 14.4 Å². The largest absolute Gasteiger partial charge is 0.481 e. The summed E-state index contributed by atoms with van der Waals surface area (Å²) in [5.74, 6) is -1.95. The summed E-state index contributed by atoms with van der Waals surface area (Å²) in [5.41, 5.74) is 0. The Hall–Kier alpha value is -1.56. The second-order valence-electron chi connectivity index (χ2n) is 7.12. The van der Waals surface area contributed by atoms with Gasteiger partial charge < -0.3 is 10.2 Å². The molecule has 5 nitrogen and oxygen atoms in total. The molecule has 1 aliphatic carbocycles. The quantitative estimate of drug-likeness (QED) is 0.381. The predicted octanol–water partition coefficient (Wildman–Crippen LogP) is 3.63. The number of hydrogen-bond acceptors (Lipinski definition) is 4. The summed E-state index contributed by atoms with van der Waals surface area (Å²) in [6.07, 6.45) is 5.45. The van der Waals surface area contributed by atoms with E-state index in [1.54, 1.807) is 0 Å². The van der Waals surface area contributed by atoms with Crippen molar-refractivity contribution in [3.05, 3.63) is 12.2 Å². The van der Waals surface area contributed by atoms with Crippen molar-refractivity contribution in [2.24, 2.45) is 11.8 Å². The van der Waals surface area contributed by atoms with Crippen LogP contribution >= 0.6 is 0 Å². The number of hydrogen-bond donors (Lipinski definition) is 2. The zero-order chi connectivity index (χ0) is 19.5. The van der Waals surface area contributed by atoms with Crippen LogP contribution in [0.4, 0.5) is 4.39 Å². The van der Waals surface area contributed by atoms with Crippen molar-refractivity contribution in [1.29, 1.82) is 0 Å². The molecule has 0 amide bonds. The number of allylic oxidation sites excluding steroid dienone is 2. The second kappa shape index (κ2) is 11.9. The van der Waals surface area contributed by atoms with Crippen molar-refractivity contribution in [2.75, 3.05) is 0 Å². The molecule has 2 N–H and O–H groups in total. The molecule has 0 unspecified atom stereocenters. The van der Waals surface area contributed by atoms with Crippen LogP contribution in [0.1, 0.15) is 71.1 Å². The third-order valence-corrected chi connectivity index (χ3v) is 5.04. The van der Waals surface area contributed by atoms with Crippen LogP contribution in [0.2, 0.25) is 0 Å². The van der Waals surface area contributed by atoms with E-state index in [9.17, 15) is 23.9 Å². The first-order valence-corrected chi connectivity index (χ1v) is 9.61. The summed E-state index contributed by atoms with van der Waals surface area (Å²) < 4.78 is 13.8. The lowest BCUT2D eigenvalue weighted by atomic mass is 9.86. The highest BCUT2D eigenvalue weighted by molar-refractivity contribution is 5.85. The van der Waals surface area contributed by atoms with Crippen LogP contribution in [-0.4, -0.2) is 40.0 Å². The Balaban J connectivity index is 2.46. The number of carbonyl (C=O) groups is 3. The first-order chi connectivity index (χ1) is 12.4. The molecule has 0 aromatic rings. The van der Waals surface area contributed by atoms with Crippen LogP contribution in [0.25, 0.3) is 0 Å². The molecular formula is C20H31FO5. The molecular weight excluding hydrogens is 339 g/mol. The maximum absolute atomic E-state index is 13.8. The molecule has 4 atom stereocenters. The lowest BCUT2D eigenvalue weighted by Gasteiger charge is -2.20. The molecule has 0 spiro atoms. The normalized spacial score (nSPS) is 24.3. The van der Waals surface area contributed by atoms with Crippen LogP contribution < -0.4 is 0 Å². The highest BCUT2D eigenvalue weighted by atomic mass is 19.1. The summed E-state index contributed by atoms with van der Waals surface area (Å²) >= 11 is 0. The third-order valence-electron chi connectivity index (χ3n) is 5.04. The minimum Gasteiger partial charge on any atom is -0.481 e. The molecule has 0 bridgehead atoms. The van der Waals surface area contributed by atoms with E-state index in [0.717, 1.165) is 6.42 Å². The van der Waals surface area contributed by atoms with Gasteiger partial charge in [-0.1, -0.05) is 31.9 Å². The number of alkyl halides is 1. The minimum atomic E-state index is -1.45. The maximum atomic E-state index is 13.8. The van der Waals surface area contributed by atoms with E-state index < -0.39 is 24.0 Å². The standard InChI is InChI=1S/C20H31FO5/c1-2-3-9-16(21)17(22)12-11-15-14(18(23)13-19(15)24)8-6-4-5-7-10-20(25)26/h4,6,14-16,19,24H,2-3,5,7-13H2,1H3,(H,25,26)/t14-,15-,16+,19-/m1/s1. The maximum Gasteiger partial charge on any atom is 0.303 e. The highest BCUT2D eigenvalue weighted by Crippen LogP contribution is 2.35. The first kappa shape index (κ1) is 22.5. The van der Waals surface area contributed by atoms with Gasteiger partial charge in [0.25, 0.3) is 0 Å². The summed E-state index contributed by atoms with van der Waals surface area (Å²) in [6.45, 7) is 1.94. The number of aliphatic hydroxyl groups excluding tert-OH is 1. The number of Topliss-reactive ketones (excluding diaryl/α,β-unsaturated/α-hetero) is 2. The second-order valence-corrected chi connectivity index (χ2v) is 7.12. The third kappa shape index (κ3) is 7.77. The van der Waals surface area contributed by atoms with Gasteiger partial charge in [-0.05, 0) is 38.0 Å². The Bertz CT molecular complexity index is 502. The van der Waals surface area contributed by atoms with E-state index in [4.69, 9.17) is 5.11 Å². The molecule has 1 aliphatic rings. The van der Waals surface area contributed by atoms with Gasteiger partial charge >= 0.3 is 5.97 Å². The number of carboxylic acid groups (broad SMARTS) is 1. The monoisotopic (exact) mass is 370 g/mol. The molecule has 0 radical (unpaired) electrons. The van der Waals surface area contributed by atoms with E-state index >= 15 is 0 Å². The fourth-order valence-electron chi connectivity index (χ4n) is 3.46. The van der Waals surface area contributed by atoms with Crippen molar-refractivity contribution in [1.82, 2.24) is 0 Å². The van der Waals surface area contributed by atoms with Crippen molar-refractivity contribution >= 4 is 17.5 Å². The van der Waals surface area contributed by atoms with Gasteiger partial charge in [-0.25, -0.2) is 4.39 Å². The fourth-order valence-corrected chi connectivity index (χ4v) is 3.46. The number of unbranched alkanes of at least 4 members (excludes halogenated alkanes) is 2. The highest BCUT2D eigenvalue weighted by Gasteiger charge is 2.40. The Morgan fingerprint density at radius 2 is 2.00 bits per heavy atom. The van der Waals surface area contributed by atoms with Gasteiger partial charge in [-0.15, -0.1) is 0 Å². The van der Waals surface area contributed by atoms with Crippen LogP contribution in [0.5, 0.6) is 0 Å². The summed E-state index contributed by atoms with van der Waals surface area (Å²) in [4.78, 5) is 34.4. The number of ketones is 2.